The van der Waals surface area contributed by atoms with Crippen LogP contribution in [0.2, 0.25) is 0 Å². The maximum Gasteiger partial charge on any atom is 0.239 e. The second kappa shape index (κ2) is 7.09. The summed E-state index contributed by atoms with van der Waals surface area (Å²) >= 11 is 1.62. The molecule has 0 saturated carbocycles. The molecule has 21 heavy (non-hydrogen) atoms. The lowest BCUT2D eigenvalue weighted by molar-refractivity contribution is 0.381. The Hall–Kier alpha value is -1.34. The zero-order valence-corrected chi connectivity index (χ0v) is 13.7. The van der Waals surface area contributed by atoms with Crippen molar-refractivity contribution < 1.29 is 12.9 Å². The van der Waals surface area contributed by atoms with Gasteiger partial charge < -0.3 is 4.52 Å². The normalized spacial score (nSPS) is 13.2. The molecule has 0 amide bonds. The van der Waals surface area contributed by atoms with Gasteiger partial charge in [-0.05, 0) is 19.1 Å². The van der Waals surface area contributed by atoms with Crippen molar-refractivity contribution in [2.24, 2.45) is 0 Å². The Kier molecular flexibility index (Phi) is 5.41. The maximum absolute atomic E-state index is 11.1. The number of hydrogen-bond acceptors (Lipinski definition) is 6. The molecule has 114 valence electrons. The van der Waals surface area contributed by atoms with Crippen LogP contribution in [0.4, 0.5) is 0 Å². The molecular weight excluding hydrogens is 308 g/mol. The first kappa shape index (κ1) is 16.0. The SMILES string of the molecule is C[C@@H](SCCCS(C)(=O)=O)c1nc(-c2ccccc2)no1. The van der Waals surface area contributed by atoms with Gasteiger partial charge in [0, 0.05) is 11.8 Å². The summed E-state index contributed by atoms with van der Waals surface area (Å²) in [6.07, 6.45) is 1.89. The topological polar surface area (TPSA) is 73.1 Å². The highest BCUT2D eigenvalue weighted by atomic mass is 32.2. The summed E-state index contributed by atoms with van der Waals surface area (Å²) in [6.45, 7) is 1.98. The molecule has 1 aromatic carbocycles. The average molecular weight is 326 g/mol. The second-order valence-corrected chi connectivity index (χ2v) is 8.53. The monoisotopic (exact) mass is 326 g/mol. The molecule has 0 radical (unpaired) electrons. The van der Waals surface area contributed by atoms with E-state index in [1.165, 1.54) is 6.26 Å². The molecule has 0 spiro atoms. The Balaban J connectivity index is 1.89. The Morgan fingerprint density at radius 3 is 2.67 bits per heavy atom. The zero-order chi connectivity index (χ0) is 15.3. The van der Waals surface area contributed by atoms with Crippen LogP contribution in [0.5, 0.6) is 0 Å². The fraction of sp³-hybridized carbons (Fsp3) is 0.429. The highest BCUT2D eigenvalue weighted by molar-refractivity contribution is 7.99. The van der Waals surface area contributed by atoms with Crippen molar-refractivity contribution >= 4 is 21.6 Å². The van der Waals surface area contributed by atoms with E-state index in [4.69, 9.17) is 4.52 Å². The van der Waals surface area contributed by atoms with Crippen LogP contribution in [0, 0.1) is 0 Å². The fourth-order valence-corrected chi connectivity index (χ4v) is 3.51. The van der Waals surface area contributed by atoms with Gasteiger partial charge >= 0.3 is 0 Å². The van der Waals surface area contributed by atoms with Crippen molar-refractivity contribution in [2.75, 3.05) is 17.8 Å². The van der Waals surface area contributed by atoms with Crippen molar-refractivity contribution in [2.45, 2.75) is 18.6 Å². The van der Waals surface area contributed by atoms with Crippen molar-refractivity contribution in [1.82, 2.24) is 10.1 Å². The van der Waals surface area contributed by atoms with Gasteiger partial charge in [-0.1, -0.05) is 35.5 Å². The van der Waals surface area contributed by atoms with Gasteiger partial charge in [-0.15, -0.1) is 11.8 Å². The van der Waals surface area contributed by atoms with Crippen LogP contribution in [-0.2, 0) is 9.84 Å². The van der Waals surface area contributed by atoms with E-state index in [1.807, 2.05) is 37.3 Å². The molecule has 0 unspecified atom stereocenters. The summed E-state index contributed by atoms with van der Waals surface area (Å²) < 4.78 is 27.4. The summed E-state index contributed by atoms with van der Waals surface area (Å²) in [5, 5.41) is 4.03. The average Bonchev–Trinajstić information content (AvgIpc) is 2.93. The van der Waals surface area contributed by atoms with Crippen LogP contribution in [-0.4, -0.2) is 36.3 Å². The van der Waals surface area contributed by atoms with Crippen LogP contribution in [0.1, 0.15) is 24.5 Å². The lowest BCUT2D eigenvalue weighted by Gasteiger charge is -2.05. The quantitative estimate of drug-likeness (QED) is 0.728. The molecule has 0 aliphatic rings. The van der Waals surface area contributed by atoms with Gasteiger partial charge in [-0.3, -0.25) is 0 Å². The third-order valence-electron chi connectivity index (χ3n) is 2.85. The van der Waals surface area contributed by atoms with Gasteiger partial charge in [0.1, 0.15) is 9.84 Å². The molecule has 7 heteroatoms. The van der Waals surface area contributed by atoms with Crippen molar-refractivity contribution in [3.8, 4) is 11.4 Å². The minimum atomic E-state index is -2.88. The predicted molar refractivity (Wildman–Crippen MR) is 84.9 cm³/mol. The maximum atomic E-state index is 11.1. The Morgan fingerprint density at radius 1 is 1.29 bits per heavy atom. The van der Waals surface area contributed by atoms with E-state index < -0.39 is 9.84 Å². The minimum Gasteiger partial charge on any atom is -0.338 e. The fourth-order valence-electron chi connectivity index (χ4n) is 1.76. The molecule has 5 nitrogen and oxygen atoms in total. The summed E-state index contributed by atoms with van der Waals surface area (Å²) in [7, 11) is -2.88. The molecule has 0 saturated heterocycles. The van der Waals surface area contributed by atoms with Crippen LogP contribution >= 0.6 is 11.8 Å². The van der Waals surface area contributed by atoms with Gasteiger partial charge in [0.05, 0.1) is 11.0 Å². The first-order valence-corrected chi connectivity index (χ1v) is 9.75. The van der Waals surface area contributed by atoms with Crippen molar-refractivity contribution in [3.63, 3.8) is 0 Å². The largest absolute Gasteiger partial charge is 0.338 e. The number of rotatable bonds is 7. The minimum absolute atomic E-state index is 0.0505. The smallest absolute Gasteiger partial charge is 0.239 e. The van der Waals surface area contributed by atoms with Crippen molar-refractivity contribution in [1.29, 1.82) is 0 Å². The second-order valence-electron chi connectivity index (χ2n) is 4.82. The Labute approximate surface area is 129 Å². The van der Waals surface area contributed by atoms with E-state index in [-0.39, 0.29) is 11.0 Å². The number of nitrogens with zero attached hydrogens (tertiary/aromatic N) is 2. The van der Waals surface area contributed by atoms with E-state index >= 15 is 0 Å². The Morgan fingerprint density at radius 2 is 2.00 bits per heavy atom. The molecule has 0 N–H and O–H groups in total. The summed E-state index contributed by atoms with van der Waals surface area (Å²) in [6, 6.07) is 9.64. The highest BCUT2D eigenvalue weighted by Crippen LogP contribution is 2.28. The molecular formula is C14H18N2O3S2. The number of sulfone groups is 1. The third kappa shape index (κ3) is 5.17. The molecule has 2 rings (SSSR count). The molecule has 0 aliphatic heterocycles. The van der Waals surface area contributed by atoms with E-state index in [9.17, 15) is 8.42 Å². The number of aromatic nitrogens is 2. The van der Waals surface area contributed by atoms with Gasteiger partial charge in [-0.25, -0.2) is 8.42 Å². The third-order valence-corrected chi connectivity index (χ3v) is 5.11. The molecule has 2 aromatic rings. The Bertz CT molecular complexity index is 669. The standard InChI is InChI=1S/C14H18N2O3S2/c1-11(20-9-6-10-21(2,17)18)14-15-13(16-19-14)12-7-4-3-5-8-12/h3-5,7-8,11H,6,9-10H2,1-2H3/t11-/m1/s1. The summed E-state index contributed by atoms with van der Waals surface area (Å²) in [5.41, 5.74) is 0.918. The molecule has 1 aromatic heterocycles. The molecule has 1 heterocycles. The first-order valence-electron chi connectivity index (χ1n) is 6.64. The number of hydrogen-bond donors (Lipinski definition) is 0. The van der Waals surface area contributed by atoms with Gasteiger partial charge in [-0.2, -0.15) is 4.98 Å². The van der Waals surface area contributed by atoms with Crippen molar-refractivity contribution in [3.05, 3.63) is 36.2 Å². The first-order chi connectivity index (χ1) is 9.96. The molecule has 0 aliphatic carbocycles. The van der Waals surface area contributed by atoms with Gasteiger partial charge in [0.25, 0.3) is 0 Å². The zero-order valence-electron chi connectivity index (χ0n) is 12.0. The number of benzene rings is 1. The summed E-state index contributed by atoms with van der Waals surface area (Å²) in [4.78, 5) is 4.39. The highest BCUT2D eigenvalue weighted by Gasteiger charge is 2.15. The summed E-state index contributed by atoms with van der Waals surface area (Å²) in [5.74, 6) is 2.11. The molecule has 1 atom stereocenters. The van der Waals surface area contributed by atoms with E-state index in [0.29, 0.717) is 18.1 Å². The number of thioether (sulfide) groups is 1. The van der Waals surface area contributed by atoms with Crippen LogP contribution < -0.4 is 0 Å². The van der Waals surface area contributed by atoms with E-state index in [0.717, 1.165) is 11.3 Å². The predicted octanol–water partition coefficient (Wildman–Crippen LogP) is 2.97. The van der Waals surface area contributed by atoms with Crippen LogP contribution in [0.15, 0.2) is 34.9 Å². The van der Waals surface area contributed by atoms with E-state index in [1.54, 1.807) is 11.8 Å². The van der Waals surface area contributed by atoms with Gasteiger partial charge in [0.2, 0.25) is 11.7 Å². The van der Waals surface area contributed by atoms with Crippen LogP contribution in [0.3, 0.4) is 0 Å². The van der Waals surface area contributed by atoms with Crippen LogP contribution in [0.25, 0.3) is 11.4 Å². The lowest BCUT2D eigenvalue weighted by Crippen LogP contribution is -2.04. The lowest BCUT2D eigenvalue weighted by atomic mass is 10.2. The van der Waals surface area contributed by atoms with Gasteiger partial charge in [0.15, 0.2) is 0 Å². The van der Waals surface area contributed by atoms with E-state index in [2.05, 4.69) is 10.1 Å². The molecule has 0 fully saturated rings. The molecule has 0 bridgehead atoms.